The molecule has 1 heterocycles. The molecule has 1 aromatic carbocycles. The number of carbonyl (C=O) groups is 2. The van der Waals surface area contributed by atoms with Crippen LogP contribution in [0, 0.1) is 6.92 Å². The predicted molar refractivity (Wildman–Crippen MR) is 90.2 cm³/mol. The molecule has 6 nitrogen and oxygen atoms in total. The van der Waals surface area contributed by atoms with Gasteiger partial charge in [0.25, 0.3) is 11.8 Å². The molecule has 1 saturated heterocycles. The number of rotatable bonds is 4. The number of halogens is 1. The number of amides is 2. The van der Waals surface area contributed by atoms with E-state index < -0.39 is 6.10 Å². The molecule has 2 aliphatic rings. The van der Waals surface area contributed by atoms with Gasteiger partial charge < -0.3 is 20.7 Å². The van der Waals surface area contributed by atoms with Gasteiger partial charge in [0.15, 0.2) is 0 Å². The van der Waals surface area contributed by atoms with Crippen molar-refractivity contribution in [3.8, 4) is 0 Å². The average Bonchev–Trinajstić information content (AvgIpc) is 3.34. The van der Waals surface area contributed by atoms with E-state index in [1.165, 1.54) is 0 Å². The number of hydrogen-bond acceptors (Lipinski definition) is 4. The van der Waals surface area contributed by atoms with Gasteiger partial charge in [0.1, 0.15) is 6.10 Å². The molecule has 2 fully saturated rings. The molecule has 0 aromatic heterocycles. The number of benzene rings is 1. The molecule has 3 N–H and O–H groups in total. The van der Waals surface area contributed by atoms with Crippen molar-refractivity contribution in [3.63, 3.8) is 0 Å². The van der Waals surface area contributed by atoms with Gasteiger partial charge in [-0.15, -0.1) is 12.4 Å². The molecule has 1 atom stereocenters. The van der Waals surface area contributed by atoms with Crippen molar-refractivity contribution in [1.82, 2.24) is 10.6 Å². The first-order chi connectivity index (χ1) is 10.6. The molecule has 2 amide bonds. The van der Waals surface area contributed by atoms with E-state index in [1.807, 2.05) is 13.0 Å². The van der Waals surface area contributed by atoms with Crippen LogP contribution in [-0.4, -0.2) is 43.7 Å². The quantitative estimate of drug-likeness (QED) is 0.771. The van der Waals surface area contributed by atoms with Crippen molar-refractivity contribution < 1.29 is 14.3 Å². The van der Waals surface area contributed by atoms with Gasteiger partial charge in [-0.2, -0.15) is 0 Å². The molecule has 1 unspecified atom stereocenters. The zero-order valence-corrected chi connectivity index (χ0v) is 13.9. The van der Waals surface area contributed by atoms with Crippen LogP contribution in [0.25, 0.3) is 0 Å². The Kier molecular flexibility index (Phi) is 5.98. The number of hydrogen-bond donors (Lipinski definition) is 3. The van der Waals surface area contributed by atoms with Gasteiger partial charge in [-0.25, -0.2) is 0 Å². The minimum Gasteiger partial charge on any atom is -0.366 e. The summed E-state index contributed by atoms with van der Waals surface area (Å²) in [5, 5.41) is 8.93. The fraction of sp³-hybridized carbons (Fsp3) is 0.500. The molecule has 126 valence electrons. The minimum absolute atomic E-state index is 0. The summed E-state index contributed by atoms with van der Waals surface area (Å²) in [6, 6.07) is 5.66. The number of carbonyl (C=O) groups excluding carboxylic acids is 2. The number of aryl methyl sites for hydroxylation is 1. The van der Waals surface area contributed by atoms with Crippen LogP contribution >= 0.6 is 12.4 Å². The molecule has 0 bridgehead atoms. The summed E-state index contributed by atoms with van der Waals surface area (Å²) in [5.74, 6) is -0.274. The van der Waals surface area contributed by atoms with E-state index in [2.05, 4.69) is 16.0 Å². The first-order valence-electron chi connectivity index (χ1n) is 7.68. The van der Waals surface area contributed by atoms with E-state index in [0.29, 0.717) is 30.4 Å². The van der Waals surface area contributed by atoms with Crippen LogP contribution in [0.5, 0.6) is 0 Å². The summed E-state index contributed by atoms with van der Waals surface area (Å²) in [6.45, 7) is 3.70. The van der Waals surface area contributed by atoms with Gasteiger partial charge >= 0.3 is 0 Å². The van der Waals surface area contributed by atoms with Gasteiger partial charge in [0, 0.05) is 30.4 Å². The normalized spacial score (nSPS) is 20.3. The van der Waals surface area contributed by atoms with E-state index in [0.717, 1.165) is 24.9 Å². The maximum Gasteiger partial charge on any atom is 0.254 e. The fourth-order valence-electron chi connectivity index (χ4n) is 2.34. The van der Waals surface area contributed by atoms with Crippen molar-refractivity contribution in [2.45, 2.75) is 31.9 Å². The fourth-order valence-corrected chi connectivity index (χ4v) is 2.34. The monoisotopic (exact) mass is 339 g/mol. The second kappa shape index (κ2) is 7.77. The maximum absolute atomic E-state index is 12.2. The zero-order valence-electron chi connectivity index (χ0n) is 13.1. The smallest absolute Gasteiger partial charge is 0.254 e. The molecule has 1 saturated carbocycles. The number of anilines is 1. The molecule has 23 heavy (non-hydrogen) atoms. The highest BCUT2D eigenvalue weighted by Gasteiger charge is 2.25. The summed E-state index contributed by atoms with van der Waals surface area (Å²) < 4.78 is 5.44. The van der Waals surface area contributed by atoms with Crippen molar-refractivity contribution in [3.05, 3.63) is 29.3 Å². The lowest BCUT2D eigenvalue weighted by atomic mass is 10.1. The van der Waals surface area contributed by atoms with E-state index in [-0.39, 0.29) is 24.2 Å². The van der Waals surface area contributed by atoms with Crippen molar-refractivity contribution in [1.29, 1.82) is 0 Å². The topological polar surface area (TPSA) is 79.5 Å². The molecule has 1 aliphatic carbocycles. The van der Waals surface area contributed by atoms with E-state index in [1.54, 1.807) is 12.1 Å². The molecule has 3 rings (SSSR count). The second-order valence-electron chi connectivity index (χ2n) is 5.83. The molecule has 7 heteroatoms. The Balaban J connectivity index is 0.00000192. The Morgan fingerprint density at radius 2 is 2.09 bits per heavy atom. The Morgan fingerprint density at radius 3 is 2.74 bits per heavy atom. The molecular weight excluding hydrogens is 318 g/mol. The van der Waals surface area contributed by atoms with Crippen molar-refractivity contribution in [2.24, 2.45) is 0 Å². The molecular formula is C16H22ClN3O3. The largest absolute Gasteiger partial charge is 0.366 e. The zero-order chi connectivity index (χ0) is 15.5. The molecule has 0 spiro atoms. The Hall–Kier alpha value is -1.63. The summed E-state index contributed by atoms with van der Waals surface area (Å²) in [5.41, 5.74) is 2.14. The van der Waals surface area contributed by atoms with Gasteiger partial charge in [-0.3, -0.25) is 9.59 Å². The van der Waals surface area contributed by atoms with Crippen LogP contribution < -0.4 is 16.0 Å². The van der Waals surface area contributed by atoms with Crippen LogP contribution in [0.15, 0.2) is 18.2 Å². The minimum atomic E-state index is -0.489. The number of morpholine rings is 1. The SMILES string of the molecule is Cc1ccc(C(=O)NC2CC2)cc1NC(=O)C1CNCCO1.Cl. The van der Waals surface area contributed by atoms with Gasteiger partial charge in [-0.1, -0.05) is 6.07 Å². The number of nitrogens with one attached hydrogen (secondary N) is 3. The van der Waals surface area contributed by atoms with Crippen molar-refractivity contribution >= 4 is 29.9 Å². The highest BCUT2D eigenvalue weighted by molar-refractivity contribution is 5.99. The molecule has 1 aromatic rings. The van der Waals surface area contributed by atoms with Gasteiger partial charge in [-0.05, 0) is 37.5 Å². The highest BCUT2D eigenvalue weighted by atomic mass is 35.5. The average molecular weight is 340 g/mol. The standard InChI is InChI=1S/C16H21N3O3.ClH/c1-10-2-3-11(15(20)18-12-4-5-12)8-13(10)19-16(21)14-9-17-6-7-22-14;/h2-3,8,12,14,17H,4-7,9H2,1H3,(H,18,20)(H,19,21);1H. The lowest BCUT2D eigenvalue weighted by molar-refractivity contribution is -0.128. The summed E-state index contributed by atoms with van der Waals surface area (Å²) in [7, 11) is 0. The third-order valence-electron chi connectivity index (χ3n) is 3.89. The summed E-state index contributed by atoms with van der Waals surface area (Å²) in [6.07, 6.45) is 1.61. The summed E-state index contributed by atoms with van der Waals surface area (Å²) in [4.78, 5) is 24.3. The predicted octanol–water partition coefficient (Wildman–Crippen LogP) is 1.24. The van der Waals surface area contributed by atoms with E-state index in [9.17, 15) is 9.59 Å². The second-order valence-corrected chi connectivity index (χ2v) is 5.83. The maximum atomic E-state index is 12.2. The van der Waals surface area contributed by atoms with Crippen LogP contribution in [-0.2, 0) is 9.53 Å². The van der Waals surface area contributed by atoms with Crippen LogP contribution in [0.4, 0.5) is 5.69 Å². The third-order valence-corrected chi connectivity index (χ3v) is 3.89. The Labute approximate surface area is 141 Å². The molecule has 1 aliphatic heterocycles. The van der Waals surface area contributed by atoms with E-state index >= 15 is 0 Å². The van der Waals surface area contributed by atoms with Crippen molar-refractivity contribution in [2.75, 3.05) is 25.0 Å². The lowest BCUT2D eigenvalue weighted by Crippen LogP contribution is -2.45. The summed E-state index contributed by atoms with van der Waals surface area (Å²) >= 11 is 0. The highest BCUT2D eigenvalue weighted by Crippen LogP contribution is 2.21. The first kappa shape index (κ1) is 17.7. The van der Waals surface area contributed by atoms with Crippen LogP contribution in [0.2, 0.25) is 0 Å². The Morgan fingerprint density at radius 1 is 1.30 bits per heavy atom. The Bertz CT molecular complexity index is 584. The molecule has 0 radical (unpaired) electrons. The van der Waals surface area contributed by atoms with Crippen LogP contribution in [0.1, 0.15) is 28.8 Å². The van der Waals surface area contributed by atoms with Gasteiger partial charge in [0.2, 0.25) is 0 Å². The number of ether oxygens (including phenoxy) is 1. The van der Waals surface area contributed by atoms with Gasteiger partial charge in [0.05, 0.1) is 6.61 Å². The third kappa shape index (κ3) is 4.67. The lowest BCUT2D eigenvalue weighted by Gasteiger charge is -2.23. The van der Waals surface area contributed by atoms with E-state index in [4.69, 9.17) is 4.74 Å². The van der Waals surface area contributed by atoms with Crippen LogP contribution in [0.3, 0.4) is 0 Å². The first-order valence-corrected chi connectivity index (χ1v) is 7.68.